The third-order valence-electron chi connectivity index (χ3n) is 9.38. The zero-order valence-corrected chi connectivity index (χ0v) is 27.9. The molecule has 8 heteroatoms. The topological polar surface area (TPSA) is 84.3 Å². The summed E-state index contributed by atoms with van der Waals surface area (Å²) in [4.78, 5) is 16.5. The van der Waals surface area contributed by atoms with Gasteiger partial charge in [0, 0.05) is 18.5 Å². The largest absolute Gasteiger partial charge is 0.320 e. The first-order valence-corrected chi connectivity index (χ1v) is 16.9. The van der Waals surface area contributed by atoms with Crippen molar-refractivity contribution >= 4 is 17.9 Å². The van der Waals surface area contributed by atoms with E-state index in [-0.39, 0.29) is 5.15 Å². The summed E-state index contributed by atoms with van der Waals surface area (Å²) in [5.74, 6) is 0.821. The van der Waals surface area contributed by atoms with Crippen LogP contribution in [0.25, 0.3) is 11.1 Å². The smallest absolute Gasteiger partial charge is 0.238 e. The van der Waals surface area contributed by atoms with Gasteiger partial charge in [-0.1, -0.05) is 164 Å². The molecule has 0 aliphatic carbocycles. The number of halogens is 1. The second kappa shape index (κ2) is 13.9. The first kappa shape index (κ1) is 32.0. The molecule has 0 saturated carbocycles. The lowest BCUT2D eigenvalue weighted by atomic mass is 9.59. The number of benzene rings is 5. The summed E-state index contributed by atoms with van der Waals surface area (Å²) in [6, 6.07) is 47.8. The molecule has 0 unspecified atom stereocenters. The van der Waals surface area contributed by atoms with Crippen LogP contribution in [0.5, 0.6) is 0 Å². The molecule has 0 spiro atoms. The van der Waals surface area contributed by atoms with Crippen molar-refractivity contribution in [3.63, 3.8) is 0 Å². The van der Waals surface area contributed by atoms with Crippen LogP contribution in [0, 0.1) is 0 Å². The second-order valence-electron chi connectivity index (χ2n) is 12.2. The van der Waals surface area contributed by atoms with E-state index in [0.717, 1.165) is 70.3 Å². The third-order valence-corrected chi connectivity index (χ3v) is 9.66. The SMILES string of the molecule is CCCCc1nc(Cl)c(C=O)n1Cc1ccc(-c2ccccc2C2(C(c3ccccc3)(c3ccccc3)c3ccccc3)N=NN=N2)cc1. The van der Waals surface area contributed by atoms with Crippen molar-refractivity contribution in [2.75, 3.05) is 0 Å². The number of carbonyl (C=O) groups excluding carboxylic acids is 1. The zero-order valence-electron chi connectivity index (χ0n) is 27.2. The number of aromatic nitrogens is 2. The molecule has 1 aromatic heterocycles. The minimum Gasteiger partial charge on any atom is -0.320 e. The quantitative estimate of drug-likeness (QED) is 0.0964. The molecule has 0 N–H and O–H groups in total. The molecule has 0 saturated heterocycles. The van der Waals surface area contributed by atoms with E-state index >= 15 is 0 Å². The van der Waals surface area contributed by atoms with E-state index in [1.807, 2.05) is 34.9 Å². The number of hydrogen-bond donors (Lipinski definition) is 0. The van der Waals surface area contributed by atoms with Crippen LogP contribution in [-0.4, -0.2) is 15.8 Å². The molecule has 5 aromatic carbocycles. The summed E-state index contributed by atoms with van der Waals surface area (Å²) < 4.78 is 1.93. The number of aryl methyl sites for hydroxylation is 1. The summed E-state index contributed by atoms with van der Waals surface area (Å²) in [5, 5.41) is 18.7. The van der Waals surface area contributed by atoms with E-state index < -0.39 is 11.1 Å². The van der Waals surface area contributed by atoms with Gasteiger partial charge < -0.3 is 4.57 Å². The first-order chi connectivity index (χ1) is 24.1. The van der Waals surface area contributed by atoms with Crippen LogP contribution in [0.3, 0.4) is 0 Å². The molecule has 0 amide bonds. The van der Waals surface area contributed by atoms with Crippen molar-refractivity contribution in [2.24, 2.45) is 20.7 Å². The van der Waals surface area contributed by atoms with Crippen LogP contribution in [-0.2, 0) is 24.0 Å². The number of nitrogens with zero attached hydrogens (tertiary/aromatic N) is 6. The van der Waals surface area contributed by atoms with Gasteiger partial charge in [-0.25, -0.2) is 4.98 Å². The fraction of sp³-hybridized carbons (Fsp3) is 0.171. The predicted molar refractivity (Wildman–Crippen MR) is 193 cm³/mol. The van der Waals surface area contributed by atoms with Crippen LogP contribution in [0.15, 0.2) is 160 Å². The summed E-state index contributed by atoms with van der Waals surface area (Å²) >= 11 is 6.37. The average Bonchev–Trinajstić information content (AvgIpc) is 3.77. The van der Waals surface area contributed by atoms with Gasteiger partial charge in [0.05, 0.1) is 5.41 Å². The zero-order chi connectivity index (χ0) is 33.7. The Labute approximate surface area is 291 Å². The monoisotopic (exact) mass is 662 g/mol. The van der Waals surface area contributed by atoms with E-state index in [2.05, 4.69) is 132 Å². The van der Waals surface area contributed by atoms with Crippen molar-refractivity contribution in [3.05, 3.63) is 184 Å². The van der Waals surface area contributed by atoms with Gasteiger partial charge in [-0.3, -0.25) is 4.79 Å². The lowest BCUT2D eigenvalue weighted by Gasteiger charge is -2.45. The molecule has 0 bridgehead atoms. The van der Waals surface area contributed by atoms with Crippen LogP contribution in [0.2, 0.25) is 5.15 Å². The summed E-state index contributed by atoms with van der Waals surface area (Å²) in [7, 11) is 0. The Kier molecular flexibility index (Phi) is 9.09. The summed E-state index contributed by atoms with van der Waals surface area (Å²) in [6.07, 6.45) is 3.54. The molecule has 6 aromatic rings. The highest BCUT2D eigenvalue weighted by Gasteiger charge is 2.60. The summed E-state index contributed by atoms with van der Waals surface area (Å²) in [5.41, 5.74) is 5.08. The van der Waals surface area contributed by atoms with Crippen molar-refractivity contribution in [3.8, 4) is 11.1 Å². The molecule has 7 nitrogen and oxygen atoms in total. The highest BCUT2D eigenvalue weighted by molar-refractivity contribution is 6.31. The Morgan fingerprint density at radius 2 is 1.24 bits per heavy atom. The van der Waals surface area contributed by atoms with Gasteiger partial charge in [0.25, 0.3) is 0 Å². The van der Waals surface area contributed by atoms with E-state index in [0.29, 0.717) is 12.2 Å². The predicted octanol–water partition coefficient (Wildman–Crippen LogP) is 10.4. The van der Waals surface area contributed by atoms with Gasteiger partial charge in [-0.15, -0.1) is 10.2 Å². The minimum absolute atomic E-state index is 0.246. The minimum atomic E-state index is -1.28. The molecular weight excluding hydrogens is 628 g/mol. The summed E-state index contributed by atoms with van der Waals surface area (Å²) in [6.45, 7) is 2.62. The highest BCUT2D eigenvalue weighted by Crippen LogP contribution is 2.58. The fourth-order valence-electron chi connectivity index (χ4n) is 7.12. The fourth-order valence-corrected chi connectivity index (χ4v) is 7.37. The Hall–Kier alpha value is -5.53. The van der Waals surface area contributed by atoms with E-state index in [4.69, 9.17) is 21.8 Å². The van der Waals surface area contributed by atoms with Crippen molar-refractivity contribution in [1.29, 1.82) is 0 Å². The molecule has 0 fully saturated rings. The average molecular weight is 663 g/mol. The lowest BCUT2D eigenvalue weighted by Crippen LogP contribution is -2.48. The number of unbranched alkanes of at least 4 members (excludes halogenated alkanes) is 1. The molecule has 7 rings (SSSR count). The molecule has 2 heterocycles. The Morgan fingerprint density at radius 1 is 0.714 bits per heavy atom. The van der Waals surface area contributed by atoms with Gasteiger partial charge >= 0.3 is 0 Å². The van der Waals surface area contributed by atoms with Crippen molar-refractivity contribution in [1.82, 2.24) is 9.55 Å². The molecule has 49 heavy (non-hydrogen) atoms. The molecule has 0 atom stereocenters. The first-order valence-electron chi connectivity index (χ1n) is 16.5. The number of carbonyl (C=O) groups is 1. The van der Waals surface area contributed by atoms with Gasteiger partial charge in [0.15, 0.2) is 11.4 Å². The lowest BCUT2D eigenvalue weighted by molar-refractivity contribution is 0.111. The Balaban J connectivity index is 1.39. The van der Waals surface area contributed by atoms with Crippen LogP contribution < -0.4 is 0 Å². The number of rotatable bonds is 12. The number of imidazole rings is 1. The molecule has 242 valence electrons. The maximum atomic E-state index is 12.0. The van der Waals surface area contributed by atoms with E-state index in [9.17, 15) is 4.79 Å². The third kappa shape index (κ3) is 5.60. The van der Waals surface area contributed by atoms with E-state index in [1.54, 1.807) is 0 Å². The second-order valence-corrected chi connectivity index (χ2v) is 12.5. The standard InChI is InChI=1S/C41H35ClN6O/c1-2-3-23-38-43-39(42)37(29-49)48(38)28-30-24-26-31(27-25-30)35-21-13-14-22-36(35)41(44-46-47-45-41)40(32-15-7-4-8-16-32,33-17-9-5-10-18-33)34-19-11-6-12-20-34/h4-22,24-27,29H,2-3,23,28H2,1H3. The van der Waals surface area contributed by atoms with Crippen molar-refractivity contribution in [2.45, 2.75) is 43.8 Å². The molecular formula is C41H35ClN6O. The maximum Gasteiger partial charge on any atom is 0.238 e. The van der Waals surface area contributed by atoms with Crippen molar-refractivity contribution < 1.29 is 4.79 Å². The van der Waals surface area contributed by atoms with Crippen LogP contribution in [0.1, 0.15) is 63.9 Å². The van der Waals surface area contributed by atoms with Gasteiger partial charge in [-0.05, 0) is 50.2 Å². The van der Waals surface area contributed by atoms with Gasteiger partial charge in [0.2, 0.25) is 5.66 Å². The Morgan fingerprint density at radius 3 is 1.78 bits per heavy atom. The van der Waals surface area contributed by atoms with E-state index in [1.165, 1.54) is 0 Å². The Bertz CT molecular complexity index is 2000. The number of aldehydes is 1. The van der Waals surface area contributed by atoms with Gasteiger partial charge in [-0.2, -0.15) is 0 Å². The van der Waals surface area contributed by atoms with Crippen LogP contribution >= 0.6 is 11.6 Å². The molecule has 0 radical (unpaired) electrons. The normalized spacial score (nSPS) is 13.5. The molecule has 1 aliphatic heterocycles. The van der Waals surface area contributed by atoms with Gasteiger partial charge in [0.1, 0.15) is 11.5 Å². The number of hydrogen-bond acceptors (Lipinski definition) is 6. The van der Waals surface area contributed by atoms with Crippen LogP contribution in [0.4, 0.5) is 0 Å². The molecule has 1 aliphatic rings. The highest BCUT2D eigenvalue weighted by atomic mass is 35.5. The maximum absolute atomic E-state index is 12.0.